The van der Waals surface area contributed by atoms with Crippen molar-refractivity contribution >= 4 is 26.8 Å². The van der Waals surface area contributed by atoms with Gasteiger partial charge < -0.3 is 9.47 Å². The Morgan fingerprint density at radius 1 is 1.18 bits per heavy atom. The van der Waals surface area contributed by atoms with Crippen molar-refractivity contribution in [3.05, 3.63) is 40.0 Å². The molecule has 0 bridgehead atoms. The lowest BCUT2D eigenvalue weighted by Crippen LogP contribution is -2.34. The largest absolute Gasteiger partial charge is 0.348 e. The topological polar surface area (TPSA) is 31.4 Å². The van der Waals surface area contributed by atoms with Crippen molar-refractivity contribution in [3.63, 3.8) is 0 Å². The van der Waals surface area contributed by atoms with E-state index in [1.54, 1.807) is 0 Å². The van der Waals surface area contributed by atoms with E-state index >= 15 is 0 Å². The summed E-state index contributed by atoms with van der Waals surface area (Å²) >= 11 is 3.64. The monoisotopic (exact) mass is 361 g/mol. The second-order valence-electron chi connectivity index (χ2n) is 6.37. The summed E-state index contributed by atoms with van der Waals surface area (Å²) < 4.78 is 12.8. The molecule has 116 valence electrons. The van der Waals surface area contributed by atoms with E-state index < -0.39 is 0 Å². The van der Waals surface area contributed by atoms with E-state index in [1.807, 2.05) is 0 Å². The quantitative estimate of drug-likeness (QED) is 0.737. The molecule has 0 N–H and O–H groups in total. The van der Waals surface area contributed by atoms with E-state index in [-0.39, 0.29) is 5.79 Å². The summed E-state index contributed by atoms with van der Waals surface area (Å²) in [7, 11) is 0. The van der Waals surface area contributed by atoms with Crippen molar-refractivity contribution in [2.75, 3.05) is 13.2 Å². The Morgan fingerprint density at radius 3 is 2.64 bits per heavy atom. The molecule has 1 aliphatic carbocycles. The lowest BCUT2D eigenvalue weighted by molar-refractivity contribution is -0.178. The van der Waals surface area contributed by atoms with E-state index in [2.05, 4.69) is 47.1 Å². The number of aryl methyl sites for hydroxylation is 1. The summed E-state index contributed by atoms with van der Waals surface area (Å²) in [5.74, 6) is 0.284. The molecule has 2 fully saturated rings. The maximum atomic E-state index is 5.85. The van der Waals surface area contributed by atoms with Crippen LogP contribution in [0.3, 0.4) is 0 Å². The van der Waals surface area contributed by atoms with Crippen LogP contribution in [0.4, 0.5) is 0 Å². The smallest absolute Gasteiger partial charge is 0.168 e. The standard InChI is InChI=1S/C18H20BrNO2/c1-12-11-15(14-3-2-4-16(19)17(14)20-12)13-5-7-18(8-6-13)21-9-10-22-18/h2-4,11,13H,5-10H2,1H3. The Bertz CT molecular complexity index is 700. The number of hydrogen-bond donors (Lipinski definition) is 0. The third kappa shape index (κ3) is 2.47. The predicted molar refractivity (Wildman–Crippen MR) is 90.0 cm³/mol. The first-order valence-corrected chi connectivity index (χ1v) is 8.80. The van der Waals surface area contributed by atoms with Gasteiger partial charge in [-0.3, -0.25) is 4.98 Å². The average Bonchev–Trinajstić information content (AvgIpc) is 2.97. The van der Waals surface area contributed by atoms with Crippen molar-refractivity contribution in [2.24, 2.45) is 0 Å². The molecule has 4 heteroatoms. The normalized spacial score (nSPS) is 21.7. The van der Waals surface area contributed by atoms with Gasteiger partial charge in [0.15, 0.2) is 5.79 Å². The van der Waals surface area contributed by atoms with Crippen LogP contribution >= 0.6 is 15.9 Å². The molecule has 1 spiro atoms. The van der Waals surface area contributed by atoms with E-state index in [1.165, 1.54) is 10.9 Å². The van der Waals surface area contributed by atoms with Crippen molar-refractivity contribution in [1.29, 1.82) is 0 Å². The maximum Gasteiger partial charge on any atom is 0.168 e. The highest BCUT2D eigenvalue weighted by Crippen LogP contribution is 2.44. The van der Waals surface area contributed by atoms with Crippen molar-refractivity contribution < 1.29 is 9.47 Å². The average molecular weight is 362 g/mol. The fourth-order valence-corrected chi connectivity index (χ4v) is 4.32. The number of aromatic nitrogens is 1. The first-order chi connectivity index (χ1) is 10.7. The highest BCUT2D eigenvalue weighted by atomic mass is 79.9. The number of ether oxygens (including phenoxy) is 2. The van der Waals surface area contributed by atoms with Gasteiger partial charge in [-0.1, -0.05) is 12.1 Å². The number of pyridine rings is 1. The molecule has 2 aliphatic rings. The lowest BCUT2D eigenvalue weighted by Gasteiger charge is -2.36. The minimum atomic E-state index is -0.283. The molecule has 1 saturated carbocycles. The van der Waals surface area contributed by atoms with Gasteiger partial charge in [0.25, 0.3) is 0 Å². The Labute approximate surface area is 139 Å². The molecule has 1 aliphatic heterocycles. The van der Waals surface area contributed by atoms with Crippen molar-refractivity contribution in [1.82, 2.24) is 4.98 Å². The molecule has 22 heavy (non-hydrogen) atoms. The number of para-hydroxylation sites is 1. The molecule has 3 nitrogen and oxygen atoms in total. The number of halogens is 1. The minimum absolute atomic E-state index is 0.283. The molecule has 0 radical (unpaired) electrons. The molecular weight excluding hydrogens is 342 g/mol. The Hall–Kier alpha value is -0.970. The fraction of sp³-hybridized carbons (Fsp3) is 0.500. The third-order valence-electron chi connectivity index (χ3n) is 4.95. The van der Waals surface area contributed by atoms with Crippen LogP contribution in [0.1, 0.15) is 42.9 Å². The van der Waals surface area contributed by atoms with E-state index in [0.29, 0.717) is 5.92 Å². The second kappa shape index (κ2) is 5.59. The van der Waals surface area contributed by atoms with Gasteiger partial charge in [0.05, 0.1) is 18.7 Å². The molecule has 2 aromatic rings. The molecule has 0 amide bonds. The van der Waals surface area contributed by atoms with Gasteiger partial charge in [-0.2, -0.15) is 0 Å². The Balaban J connectivity index is 1.68. The predicted octanol–water partition coefficient (Wildman–Crippen LogP) is 4.71. The number of fused-ring (bicyclic) bond motifs is 1. The van der Waals surface area contributed by atoms with Crippen LogP contribution in [0.2, 0.25) is 0 Å². The van der Waals surface area contributed by atoms with Gasteiger partial charge in [0, 0.05) is 28.4 Å². The van der Waals surface area contributed by atoms with Crippen LogP contribution in [-0.2, 0) is 9.47 Å². The SMILES string of the molecule is Cc1cc(C2CCC3(CC2)OCCO3)c2cccc(Br)c2n1. The molecule has 0 atom stereocenters. The van der Waals surface area contributed by atoms with Gasteiger partial charge in [0.2, 0.25) is 0 Å². The van der Waals surface area contributed by atoms with Gasteiger partial charge >= 0.3 is 0 Å². The molecule has 1 aromatic carbocycles. The summed E-state index contributed by atoms with van der Waals surface area (Å²) in [5.41, 5.74) is 3.59. The van der Waals surface area contributed by atoms with Crippen LogP contribution in [0.25, 0.3) is 10.9 Å². The minimum Gasteiger partial charge on any atom is -0.348 e. The summed E-state index contributed by atoms with van der Waals surface area (Å²) in [6, 6.07) is 8.61. The summed E-state index contributed by atoms with van der Waals surface area (Å²) in [6.45, 7) is 3.57. The summed E-state index contributed by atoms with van der Waals surface area (Å²) in [6.07, 6.45) is 4.22. The highest BCUT2D eigenvalue weighted by Gasteiger charge is 2.40. The van der Waals surface area contributed by atoms with Crippen LogP contribution in [0.15, 0.2) is 28.7 Å². The lowest BCUT2D eigenvalue weighted by atomic mass is 9.80. The number of rotatable bonds is 1. The van der Waals surface area contributed by atoms with Crippen LogP contribution in [0, 0.1) is 6.92 Å². The Morgan fingerprint density at radius 2 is 1.91 bits per heavy atom. The van der Waals surface area contributed by atoms with Crippen molar-refractivity contribution in [2.45, 2.75) is 44.3 Å². The zero-order valence-corrected chi connectivity index (χ0v) is 14.4. The van der Waals surface area contributed by atoms with Crippen molar-refractivity contribution in [3.8, 4) is 0 Å². The van der Waals surface area contributed by atoms with Crippen LogP contribution in [0.5, 0.6) is 0 Å². The zero-order valence-electron chi connectivity index (χ0n) is 12.8. The number of nitrogens with zero attached hydrogens (tertiary/aromatic N) is 1. The van der Waals surface area contributed by atoms with Gasteiger partial charge in [0.1, 0.15) is 0 Å². The van der Waals surface area contributed by atoms with Crippen LogP contribution < -0.4 is 0 Å². The molecular formula is C18H20BrNO2. The second-order valence-corrected chi connectivity index (χ2v) is 7.23. The highest BCUT2D eigenvalue weighted by molar-refractivity contribution is 9.10. The first kappa shape index (κ1) is 14.6. The maximum absolute atomic E-state index is 5.85. The fourth-order valence-electron chi connectivity index (χ4n) is 3.87. The molecule has 1 saturated heterocycles. The van der Waals surface area contributed by atoms with E-state index in [0.717, 1.165) is 54.6 Å². The summed E-state index contributed by atoms with van der Waals surface area (Å²) in [4.78, 5) is 4.71. The van der Waals surface area contributed by atoms with E-state index in [4.69, 9.17) is 14.5 Å². The third-order valence-corrected chi connectivity index (χ3v) is 5.59. The van der Waals surface area contributed by atoms with Crippen LogP contribution in [-0.4, -0.2) is 24.0 Å². The molecule has 2 heterocycles. The Kier molecular flexibility index (Phi) is 3.71. The van der Waals surface area contributed by atoms with Gasteiger partial charge in [-0.15, -0.1) is 0 Å². The van der Waals surface area contributed by atoms with Gasteiger partial charge in [-0.05, 0) is 59.3 Å². The first-order valence-electron chi connectivity index (χ1n) is 8.01. The molecule has 0 unspecified atom stereocenters. The molecule has 4 rings (SSSR count). The molecule has 1 aromatic heterocycles. The van der Waals surface area contributed by atoms with Gasteiger partial charge in [-0.25, -0.2) is 0 Å². The zero-order chi connectivity index (χ0) is 15.2. The summed E-state index contributed by atoms with van der Waals surface area (Å²) in [5, 5.41) is 1.27. The number of hydrogen-bond acceptors (Lipinski definition) is 3. The van der Waals surface area contributed by atoms with E-state index in [9.17, 15) is 0 Å². The number of benzene rings is 1.